The van der Waals surface area contributed by atoms with Crippen molar-refractivity contribution in [2.75, 3.05) is 13.6 Å². The highest BCUT2D eigenvalue weighted by molar-refractivity contribution is 14.1. The summed E-state index contributed by atoms with van der Waals surface area (Å²) in [5.74, 6) is 0. The lowest BCUT2D eigenvalue weighted by Crippen LogP contribution is -2.44. The average Bonchev–Trinajstić information content (AvgIpc) is 2.36. The first-order valence-electron chi connectivity index (χ1n) is 4.08. The Kier molecular flexibility index (Phi) is 3.17. The molecule has 1 rings (SSSR count). The minimum atomic E-state index is 0.00576. The summed E-state index contributed by atoms with van der Waals surface area (Å²) in [6.45, 7) is 5.53. The van der Waals surface area contributed by atoms with Crippen molar-refractivity contribution >= 4 is 23.0 Å². The Morgan fingerprint density at radius 1 is 1.55 bits per heavy atom. The minimum absolute atomic E-state index is 0.00576. The van der Waals surface area contributed by atoms with Gasteiger partial charge in [-0.1, -0.05) is 0 Å². The molecule has 0 spiro atoms. The van der Waals surface area contributed by atoms with Gasteiger partial charge in [0.25, 0.3) is 0 Å². The summed E-state index contributed by atoms with van der Waals surface area (Å²) >= 11 is 2.00. The van der Waals surface area contributed by atoms with Crippen LogP contribution < -0.4 is 0 Å². The fourth-order valence-electron chi connectivity index (χ4n) is 1.84. The SMILES string of the molecule is CN1CCC[C@H]1C(C)(C)OI. The van der Waals surface area contributed by atoms with E-state index in [9.17, 15) is 0 Å². The number of halogens is 1. The van der Waals surface area contributed by atoms with E-state index in [1.54, 1.807) is 0 Å². The average molecular weight is 269 g/mol. The number of hydrogen-bond donors (Lipinski definition) is 0. The summed E-state index contributed by atoms with van der Waals surface area (Å²) in [6, 6.07) is 0.597. The summed E-state index contributed by atoms with van der Waals surface area (Å²) < 4.78 is 5.42. The lowest BCUT2D eigenvalue weighted by atomic mass is 9.97. The third-order valence-corrected chi connectivity index (χ3v) is 3.66. The summed E-state index contributed by atoms with van der Waals surface area (Å²) in [6.07, 6.45) is 2.58. The molecule has 1 aliphatic rings. The van der Waals surface area contributed by atoms with Gasteiger partial charge in [0.2, 0.25) is 0 Å². The van der Waals surface area contributed by atoms with Crippen LogP contribution in [0.3, 0.4) is 0 Å². The lowest BCUT2D eigenvalue weighted by Gasteiger charge is -2.33. The van der Waals surface area contributed by atoms with Crippen molar-refractivity contribution in [3.8, 4) is 0 Å². The van der Waals surface area contributed by atoms with Gasteiger partial charge in [0, 0.05) is 6.04 Å². The molecule has 0 bridgehead atoms. The van der Waals surface area contributed by atoms with E-state index in [-0.39, 0.29) is 5.60 Å². The Labute approximate surface area is 83.0 Å². The third kappa shape index (κ3) is 2.06. The molecule has 1 atom stereocenters. The molecule has 0 aromatic heterocycles. The van der Waals surface area contributed by atoms with Crippen LogP contribution in [0.5, 0.6) is 0 Å². The maximum absolute atomic E-state index is 5.42. The van der Waals surface area contributed by atoms with Crippen molar-refractivity contribution < 1.29 is 3.07 Å². The van der Waals surface area contributed by atoms with Gasteiger partial charge in [-0.3, -0.25) is 0 Å². The zero-order valence-corrected chi connectivity index (χ0v) is 9.59. The van der Waals surface area contributed by atoms with Crippen LogP contribution in [0.4, 0.5) is 0 Å². The topological polar surface area (TPSA) is 12.5 Å². The van der Waals surface area contributed by atoms with Gasteiger partial charge in [-0.25, -0.2) is 0 Å². The summed E-state index contributed by atoms with van der Waals surface area (Å²) in [5.41, 5.74) is 0.00576. The fourth-order valence-corrected chi connectivity index (χ4v) is 2.13. The Bertz CT molecular complexity index is 138. The molecule has 1 saturated heterocycles. The normalized spacial score (nSPS) is 27.8. The van der Waals surface area contributed by atoms with Gasteiger partial charge in [0.1, 0.15) is 23.0 Å². The predicted molar refractivity (Wildman–Crippen MR) is 54.8 cm³/mol. The van der Waals surface area contributed by atoms with Crippen LogP contribution in [-0.2, 0) is 3.07 Å². The van der Waals surface area contributed by atoms with E-state index in [1.165, 1.54) is 19.4 Å². The van der Waals surface area contributed by atoms with Crippen LogP contribution in [-0.4, -0.2) is 30.1 Å². The second-order valence-corrected chi connectivity index (χ2v) is 4.26. The monoisotopic (exact) mass is 269 g/mol. The molecule has 11 heavy (non-hydrogen) atoms. The minimum Gasteiger partial charge on any atom is -0.308 e. The van der Waals surface area contributed by atoms with E-state index in [1.807, 2.05) is 23.0 Å². The van der Waals surface area contributed by atoms with Gasteiger partial charge in [-0.2, -0.15) is 0 Å². The molecule has 0 aromatic rings. The lowest BCUT2D eigenvalue weighted by molar-refractivity contribution is 0.0694. The first kappa shape index (κ1) is 9.74. The maximum Gasteiger partial charge on any atom is 0.110 e. The van der Waals surface area contributed by atoms with Crippen molar-refractivity contribution in [1.82, 2.24) is 4.90 Å². The predicted octanol–water partition coefficient (Wildman–Crippen LogP) is 2.23. The fraction of sp³-hybridized carbons (Fsp3) is 1.00. The number of rotatable bonds is 2. The van der Waals surface area contributed by atoms with Gasteiger partial charge in [-0.15, -0.1) is 0 Å². The quantitative estimate of drug-likeness (QED) is 0.713. The van der Waals surface area contributed by atoms with Crippen molar-refractivity contribution in [2.45, 2.75) is 38.3 Å². The van der Waals surface area contributed by atoms with Crippen LogP contribution in [0.1, 0.15) is 26.7 Å². The third-order valence-electron chi connectivity index (χ3n) is 2.52. The second kappa shape index (κ2) is 3.58. The number of hydrogen-bond acceptors (Lipinski definition) is 2. The Morgan fingerprint density at radius 3 is 2.55 bits per heavy atom. The Morgan fingerprint density at radius 2 is 2.18 bits per heavy atom. The molecule has 0 aliphatic carbocycles. The molecular formula is C8H16INO. The molecule has 1 aliphatic heterocycles. The zero-order chi connectivity index (χ0) is 8.48. The first-order chi connectivity index (χ1) is 5.08. The number of likely N-dealkylation sites (tertiary alicyclic amines) is 1. The Balaban J connectivity index is 2.58. The highest BCUT2D eigenvalue weighted by Gasteiger charge is 2.35. The molecule has 0 unspecified atom stereocenters. The van der Waals surface area contributed by atoms with Crippen LogP contribution in [0.2, 0.25) is 0 Å². The van der Waals surface area contributed by atoms with Crippen LogP contribution in [0, 0.1) is 0 Å². The molecule has 1 heterocycles. The zero-order valence-electron chi connectivity index (χ0n) is 7.43. The molecule has 0 radical (unpaired) electrons. The number of nitrogens with zero attached hydrogens (tertiary/aromatic N) is 1. The van der Waals surface area contributed by atoms with Crippen molar-refractivity contribution in [3.05, 3.63) is 0 Å². The largest absolute Gasteiger partial charge is 0.308 e. The standard InChI is InChI=1S/C8H16INO/c1-8(2,11-9)7-5-4-6-10(7)3/h7H,4-6H2,1-3H3/t7-/m0/s1. The second-order valence-electron chi connectivity index (χ2n) is 3.82. The molecule has 0 saturated carbocycles. The van der Waals surface area contributed by atoms with E-state index in [4.69, 9.17) is 3.07 Å². The summed E-state index contributed by atoms with van der Waals surface area (Å²) in [7, 11) is 2.18. The highest BCUT2D eigenvalue weighted by Crippen LogP contribution is 2.29. The Hall–Kier alpha value is 0.650. The van der Waals surface area contributed by atoms with E-state index in [0.29, 0.717) is 6.04 Å². The van der Waals surface area contributed by atoms with E-state index in [0.717, 1.165) is 0 Å². The molecule has 66 valence electrons. The summed E-state index contributed by atoms with van der Waals surface area (Å²) in [4.78, 5) is 2.39. The maximum atomic E-state index is 5.42. The number of likely N-dealkylation sites (N-methyl/N-ethyl adjacent to an activating group) is 1. The van der Waals surface area contributed by atoms with Crippen LogP contribution in [0.15, 0.2) is 0 Å². The van der Waals surface area contributed by atoms with Gasteiger partial charge < -0.3 is 7.97 Å². The van der Waals surface area contributed by atoms with Gasteiger partial charge in [0.15, 0.2) is 0 Å². The molecule has 0 aromatic carbocycles. The first-order valence-corrected chi connectivity index (χ1v) is 4.96. The molecule has 3 heteroatoms. The van der Waals surface area contributed by atoms with Crippen LogP contribution in [0.25, 0.3) is 0 Å². The van der Waals surface area contributed by atoms with Crippen molar-refractivity contribution in [1.29, 1.82) is 0 Å². The molecular weight excluding hydrogens is 253 g/mol. The van der Waals surface area contributed by atoms with E-state index >= 15 is 0 Å². The van der Waals surface area contributed by atoms with Crippen LogP contribution >= 0.6 is 23.0 Å². The molecule has 1 fully saturated rings. The smallest absolute Gasteiger partial charge is 0.110 e. The summed E-state index contributed by atoms with van der Waals surface area (Å²) in [5, 5.41) is 0. The van der Waals surface area contributed by atoms with Gasteiger partial charge >= 0.3 is 0 Å². The molecule has 0 amide bonds. The molecule has 2 nitrogen and oxygen atoms in total. The van der Waals surface area contributed by atoms with Crippen molar-refractivity contribution in [3.63, 3.8) is 0 Å². The van der Waals surface area contributed by atoms with E-state index < -0.39 is 0 Å². The van der Waals surface area contributed by atoms with Gasteiger partial charge in [0.05, 0.1) is 5.60 Å². The van der Waals surface area contributed by atoms with Crippen molar-refractivity contribution in [2.24, 2.45) is 0 Å². The van der Waals surface area contributed by atoms with Gasteiger partial charge in [-0.05, 0) is 40.3 Å². The van der Waals surface area contributed by atoms with E-state index in [2.05, 4.69) is 25.8 Å². The molecule has 0 N–H and O–H groups in total. The highest BCUT2D eigenvalue weighted by atomic mass is 127.